The number of amides is 2. The van der Waals surface area contributed by atoms with Crippen molar-refractivity contribution < 1.29 is 23.9 Å². The third-order valence-corrected chi connectivity index (χ3v) is 6.23. The molecule has 1 heterocycles. The first-order valence-corrected chi connectivity index (χ1v) is 12.2. The van der Waals surface area contributed by atoms with E-state index in [2.05, 4.69) is 31.0 Å². The zero-order valence-electron chi connectivity index (χ0n) is 21.0. The van der Waals surface area contributed by atoms with Crippen LogP contribution in [0.3, 0.4) is 0 Å². The number of benzene rings is 2. The van der Waals surface area contributed by atoms with Crippen molar-refractivity contribution in [1.29, 1.82) is 0 Å². The van der Waals surface area contributed by atoms with Gasteiger partial charge in [0.05, 0.1) is 5.69 Å². The van der Waals surface area contributed by atoms with Crippen LogP contribution in [-0.2, 0) is 16.0 Å². The summed E-state index contributed by atoms with van der Waals surface area (Å²) in [5, 5.41) is 2.91. The molecule has 1 N–H and O–H groups in total. The SMILES string of the molecule is CCc1cccc(OCC(=O)c2ccc3c(c2)N([C@H](C)C(=O)NCCN(CC)CC)C(=O)CO3)c1. The number of aryl methyl sites for hydroxylation is 1. The summed E-state index contributed by atoms with van der Waals surface area (Å²) in [5.74, 6) is 0.269. The zero-order chi connectivity index (χ0) is 25.4. The average molecular weight is 482 g/mol. The van der Waals surface area contributed by atoms with Crippen LogP contribution in [-0.4, -0.2) is 67.9 Å². The van der Waals surface area contributed by atoms with Gasteiger partial charge >= 0.3 is 0 Å². The maximum atomic E-state index is 12.9. The van der Waals surface area contributed by atoms with Crippen LogP contribution in [0.2, 0.25) is 0 Å². The molecule has 188 valence electrons. The molecular weight excluding hydrogens is 446 g/mol. The summed E-state index contributed by atoms with van der Waals surface area (Å²) < 4.78 is 11.2. The zero-order valence-corrected chi connectivity index (χ0v) is 21.0. The molecule has 1 aliphatic heterocycles. The molecule has 0 saturated heterocycles. The van der Waals surface area contributed by atoms with Crippen LogP contribution in [0.25, 0.3) is 0 Å². The first-order valence-electron chi connectivity index (χ1n) is 12.2. The van der Waals surface area contributed by atoms with Crippen molar-refractivity contribution in [2.24, 2.45) is 0 Å². The van der Waals surface area contributed by atoms with Crippen LogP contribution in [0.1, 0.15) is 43.6 Å². The Morgan fingerprint density at radius 3 is 2.63 bits per heavy atom. The Bertz CT molecular complexity index is 1050. The molecule has 35 heavy (non-hydrogen) atoms. The molecule has 8 heteroatoms. The minimum absolute atomic E-state index is 0.137. The number of nitrogens with one attached hydrogen (secondary N) is 1. The maximum Gasteiger partial charge on any atom is 0.265 e. The number of Topliss-reactive ketones (excluding diaryl/α,β-unsaturated/α-hetero) is 1. The molecule has 0 bridgehead atoms. The standard InChI is InChI=1S/C27H35N3O5/c1-5-20-9-8-10-22(15-20)34-17-24(31)21-11-12-25-23(16-21)30(26(32)18-35-25)19(4)27(33)28-13-14-29(6-2)7-3/h8-12,15-16,19H,5-7,13-14,17-18H2,1-4H3,(H,28,33)/t19-/m1/s1. The molecule has 2 amide bonds. The minimum Gasteiger partial charge on any atom is -0.485 e. The van der Waals surface area contributed by atoms with E-state index in [4.69, 9.17) is 9.47 Å². The number of anilines is 1. The summed E-state index contributed by atoms with van der Waals surface area (Å²) in [4.78, 5) is 42.0. The Hall–Kier alpha value is -3.39. The molecular formula is C27H35N3O5. The van der Waals surface area contributed by atoms with Crippen LogP contribution in [0.5, 0.6) is 11.5 Å². The van der Waals surface area contributed by atoms with Crippen molar-refractivity contribution in [3.63, 3.8) is 0 Å². The third kappa shape index (κ3) is 6.60. The van der Waals surface area contributed by atoms with Gasteiger partial charge in [-0.3, -0.25) is 19.3 Å². The van der Waals surface area contributed by atoms with E-state index in [-0.39, 0.29) is 30.8 Å². The summed E-state index contributed by atoms with van der Waals surface area (Å²) in [6.45, 7) is 10.6. The number of fused-ring (bicyclic) bond motifs is 1. The molecule has 2 aromatic carbocycles. The number of hydrogen-bond acceptors (Lipinski definition) is 6. The van der Waals surface area contributed by atoms with Gasteiger partial charge in [0.25, 0.3) is 5.91 Å². The lowest BCUT2D eigenvalue weighted by Crippen LogP contribution is -2.52. The largest absolute Gasteiger partial charge is 0.485 e. The molecule has 0 aliphatic carbocycles. The second-order valence-electron chi connectivity index (χ2n) is 8.44. The molecule has 0 saturated carbocycles. The fourth-order valence-electron chi connectivity index (χ4n) is 4.00. The second kappa shape index (κ2) is 12.4. The molecule has 0 fully saturated rings. The van der Waals surface area contributed by atoms with Gasteiger partial charge in [-0.2, -0.15) is 0 Å². The predicted molar refractivity (Wildman–Crippen MR) is 135 cm³/mol. The highest BCUT2D eigenvalue weighted by Gasteiger charge is 2.33. The lowest BCUT2D eigenvalue weighted by atomic mass is 10.1. The molecule has 8 nitrogen and oxygen atoms in total. The van der Waals surface area contributed by atoms with Crippen LogP contribution in [0.15, 0.2) is 42.5 Å². The third-order valence-electron chi connectivity index (χ3n) is 6.23. The number of ether oxygens (including phenoxy) is 2. The highest BCUT2D eigenvalue weighted by molar-refractivity contribution is 6.05. The van der Waals surface area contributed by atoms with Crippen molar-refractivity contribution >= 4 is 23.3 Å². The lowest BCUT2D eigenvalue weighted by molar-refractivity contribution is -0.127. The van der Waals surface area contributed by atoms with Crippen LogP contribution < -0.4 is 19.7 Å². The van der Waals surface area contributed by atoms with Gasteiger partial charge in [0.15, 0.2) is 19.0 Å². The Labute approximate surface area is 207 Å². The summed E-state index contributed by atoms with van der Waals surface area (Å²) in [6.07, 6.45) is 0.876. The number of ketones is 1. The van der Waals surface area contributed by atoms with Crippen LogP contribution in [0.4, 0.5) is 5.69 Å². The first kappa shape index (κ1) is 26.2. The van der Waals surface area contributed by atoms with Crippen molar-refractivity contribution in [2.75, 3.05) is 44.3 Å². The summed E-state index contributed by atoms with van der Waals surface area (Å²) in [7, 11) is 0. The van der Waals surface area contributed by atoms with Crippen molar-refractivity contribution in [3.05, 3.63) is 53.6 Å². The maximum absolute atomic E-state index is 12.9. The predicted octanol–water partition coefficient (Wildman–Crippen LogP) is 3.08. The van der Waals surface area contributed by atoms with E-state index in [1.165, 1.54) is 4.90 Å². The van der Waals surface area contributed by atoms with E-state index >= 15 is 0 Å². The minimum atomic E-state index is -0.750. The fourth-order valence-corrected chi connectivity index (χ4v) is 4.00. The van der Waals surface area contributed by atoms with E-state index in [1.54, 1.807) is 25.1 Å². The molecule has 0 spiro atoms. The Morgan fingerprint density at radius 2 is 1.91 bits per heavy atom. The van der Waals surface area contributed by atoms with E-state index < -0.39 is 6.04 Å². The molecule has 2 aromatic rings. The van der Waals surface area contributed by atoms with Gasteiger partial charge in [0.1, 0.15) is 17.5 Å². The topological polar surface area (TPSA) is 88.2 Å². The van der Waals surface area contributed by atoms with Gasteiger partial charge in [-0.15, -0.1) is 0 Å². The van der Waals surface area contributed by atoms with Crippen molar-refractivity contribution in [2.45, 2.75) is 40.2 Å². The van der Waals surface area contributed by atoms with Gasteiger partial charge < -0.3 is 19.7 Å². The van der Waals surface area contributed by atoms with Crippen LogP contribution >= 0.6 is 0 Å². The number of rotatable bonds is 12. The number of nitrogens with zero attached hydrogens (tertiary/aromatic N) is 2. The summed E-state index contributed by atoms with van der Waals surface area (Å²) in [5.41, 5.74) is 1.92. The fraction of sp³-hybridized carbons (Fsp3) is 0.444. The number of carbonyl (C=O) groups excluding carboxylic acids is 3. The normalized spacial score (nSPS) is 13.7. The van der Waals surface area contributed by atoms with Gasteiger partial charge in [-0.05, 0) is 62.3 Å². The first-order chi connectivity index (χ1) is 16.9. The quantitative estimate of drug-likeness (QED) is 0.469. The molecule has 0 radical (unpaired) electrons. The van der Waals surface area contributed by atoms with Crippen molar-refractivity contribution in [3.8, 4) is 11.5 Å². The van der Waals surface area contributed by atoms with Crippen molar-refractivity contribution in [1.82, 2.24) is 10.2 Å². The van der Waals surface area contributed by atoms with E-state index in [9.17, 15) is 14.4 Å². The van der Waals surface area contributed by atoms with E-state index in [1.807, 2.05) is 24.3 Å². The van der Waals surface area contributed by atoms with E-state index in [0.717, 1.165) is 31.6 Å². The van der Waals surface area contributed by atoms with Gasteiger partial charge in [0.2, 0.25) is 5.91 Å². The molecule has 1 aliphatic rings. The van der Waals surface area contributed by atoms with Crippen LogP contribution in [0, 0.1) is 0 Å². The smallest absolute Gasteiger partial charge is 0.265 e. The molecule has 0 aromatic heterocycles. The lowest BCUT2D eigenvalue weighted by Gasteiger charge is -2.33. The van der Waals surface area contributed by atoms with Gasteiger partial charge in [0, 0.05) is 18.7 Å². The number of likely N-dealkylation sites (N-methyl/N-ethyl adjacent to an activating group) is 1. The Morgan fingerprint density at radius 1 is 1.14 bits per heavy atom. The average Bonchev–Trinajstić information content (AvgIpc) is 2.89. The molecule has 1 atom stereocenters. The molecule has 3 rings (SSSR count). The highest BCUT2D eigenvalue weighted by atomic mass is 16.5. The number of carbonyl (C=O) groups is 3. The Kier molecular flexibility index (Phi) is 9.25. The highest BCUT2D eigenvalue weighted by Crippen LogP contribution is 2.34. The number of hydrogen-bond donors (Lipinski definition) is 1. The monoisotopic (exact) mass is 481 g/mol. The van der Waals surface area contributed by atoms with Gasteiger partial charge in [-0.1, -0.05) is 32.9 Å². The summed E-state index contributed by atoms with van der Waals surface area (Å²) >= 11 is 0. The van der Waals surface area contributed by atoms with Gasteiger partial charge in [-0.25, -0.2) is 0 Å². The molecule has 0 unspecified atom stereocenters. The second-order valence-corrected chi connectivity index (χ2v) is 8.44. The Balaban J connectivity index is 1.71. The summed E-state index contributed by atoms with van der Waals surface area (Å²) in [6, 6.07) is 11.8. The van der Waals surface area contributed by atoms with E-state index in [0.29, 0.717) is 29.3 Å².